The lowest BCUT2D eigenvalue weighted by Gasteiger charge is -2.39. The second-order valence-corrected chi connectivity index (χ2v) is 27.6. The van der Waals surface area contributed by atoms with Gasteiger partial charge in [0.1, 0.15) is 48.3 Å². The zero-order chi connectivity index (χ0) is 69.1. The maximum atomic E-state index is 15.1. The SMILES string of the molecule is CC(=O)N[C@@H](CCCCNC(=O)CCCC[C@@H]1SC[C@@H]2NC(=O)N[C@@H]21)C(=O)N[C@@H](C)C(=O)N[C@@H](C)C(=O)N[C@@H](Cc1csc2ccccc12)C(=O)N[C@H](C(=O)N1CCCC[C@H]1C(=O)N[C@@H](Cc1ccc2ccccc2c1)C(=O)N[C@@H](CCC(N)=O)C(N)=O)[C@@H](C)OP(=O)(O)O. The van der Waals surface area contributed by atoms with Crippen molar-refractivity contribution in [1.29, 1.82) is 0 Å². The number of benzene rings is 3. The van der Waals surface area contributed by atoms with Crippen LogP contribution in [-0.2, 0) is 74.7 Å². The summed E-state index contributed by atoms with van der Waals surface area (Å²) in [7, 11) is -5.42. The fourth-order valence-corrected chi connectivity index (χ4v) is 14.8. The minimum Gasteiger partial charge on any atom is -0.370 e. The van der Waals surface area contributed by atoms with Gasteiger partial charge in [-0.2, -0.15) is 11.8 Å². The molecule has 29 nitrogen and oxygen atoms in total. The minimum atomic E-state index is -5.42. The van der Waals surface area contributed by atoms with Gasteiger partial charge >= 0.3 is 13.9 Å². The van der Waals surface area contributed by atoms with Crippen LogP contribution >= 0.6 is 30.9 Å². The van der Waals surface area contributed by atoms with Crippen LogP contribution in [0.25, 0.3) is 20.9 Å². The number of nitrogens with zero attached hydrogens (tertiary/aromatic N) is 1. The van der Waals surface area contributed by atoms with Crippen LogP contribution in [-0.4, -0.2) is 176 Å². The van der Waals surface area contributed by atoms with Crippen molar-refractivity contribution in [3.05, 3.63) is 83.2 Å². The standard InChI is InChI=1S/C63H86N13O16PS2/c1-34(68-58(83)44(69-37(4)77)18-11-13-27-66-52(79)22-10-9-21-50-54-47(33-95-50)73-63(88)75-54)56(81)67-35(2)57(82)71-46(31-41-32-94-49-20-8-7-17-42(41)49)60(85)74-53(36(3)92-93(89,90)91)62(87)76-28-14-12-19-48(76)61(86)72-45(59(84)70-43(55(65)80)25-26-51(64)78)30-38-23-24-39-15-5-6-16-40(39)29-38/h5-8,15-17,20,23-24,29,32,34-36,43-48,50,53-54H,9-14,18-19,21-22,25-28,30-31,33H2,1-4H3,(H2,64,78)(H2,65,80)(H,66,79)(H,67,81)(H,68,83)(H,69,77)(H,70,84)(H,71,82)(H,72,86)(H,74,85)(H2,73,75,88)(H2,89,90,91)/t34-,35-,36+,43-,44-,45-,46-,47-,48-,50-,53-,54-/m0/s1. The maximum Gasteiger partial charge on any atom is 0.469 e. The lowest BCUT2D eigenvalue weighted by Crippen LogP contribution is -2.63. The van der Waals surface area contributed by atoms with Gasteiger partial charge in [-0.05, 0) is 117 Å². The summed E-state index contributed by atoms with van der Waals surface area (Å²) in [5.41, 5.74) is 12.1. The van der Waals surface area contributed by atoms with E-state index < -0.39 is 121 Å². The Morgan fingerprint density at radius 1 is 0.705 bits per heavy atom. The smallest absolute Gasteiger partial charge is 0.370 e. The third kappa shape index (κ3) is 22.2. The number of rotatable bonds is 35. The number of likely N-dealkylation sites (tertiary alicyclic amines) is 1. The van der Waals surface area contributed by atoms with E-state index in [4.69, 9.17) is 16.0 Å². The van der Waals surface area contributed by atoms with Crippen molar-refractivity contribution in [3.8, 4) is 0 Å². The molecule has 0 unspecified atom stereocenters. The Morgan fingerprint density at radius 3 is 2.08 bits per heavy atom. The number of nitrogens with two attached hydrogens (primary N) is 2. The van der Waals surface area contributed by atoms with Crippen molar-refractivity contribution in [2.75, 3.05) is 18.8 Å². The Labute approximate surface area is 557 Å². The second-order valence-electron chi connectivity index (χ2n) is 24.2. The highest BCUT2D eigenvalue weighted by atomic mass is 32.2. The molecule has 4 heterocycles. The molecule has 95 heavy (non-hydrogen) atoms. The Morgan fingerprint density at radius 2 is 1.37 bits per heavy atom. The molecule has 13 amide bonds. The number of thiophene rings is 1. The largest absolute Gasteiger partial charge is 0.469 e. The highest BCUT2D eigenvalue weighted by Crippen LogP contribution is 2.39. The molecule has 16 N–H and O–H groups in total. The summed E-state index contributed by atoms with van der Waals surface area (Å²) in [6.45, 7) is 5.22. The molecular formula is C63H86N13O16PS2. The van der Waals surface area contributed by atoms with Crippen LogP contribution in [0.15, 0.2) is 72.1 Å². The monoisotopic (exact) mass is 1380 g/mol. The molecule has 0 spiro atoms. The average molecular weight is 1380 g/mol. The molecule has 0 bridgehead atoms. The highest BCUT2D eigenvalue weighted by molar-refractivity contribution is 8.00. The summed E-state index contributed by atoms with van der Waals surface area (Å²) in [6.07, 6.45) is 1.78. The topological polar surface area (TPSA) is 447 Å². The molecule has 3 aromatic carbocycles. The van der Waals surface area contributed by atoms with E-state index in [0.29, 0.717) is 66.8 Å². The van der Waals surface area contributed by atoms with E-state index in [0.717, 1.165) is 45.9 Å². The predicted octanol–water partition coefficient (Wildman–Crippen LogP) is 0.935. The van der Waals surface area contributed by atoms with Crippen molar-refractivity contribution in [3.63, 3.8) is 0 Å². The molecule has 0 aliphatic carbocycles. The van der Waals surface area contributed by atoms with Gasteiger partial charge in [-0.25, -0.2) is 9.36 Å². The van der Waals surface area contributed by atoms with Crippen LogP contribution in [0, 0.1) is 0 Å². The molecule has 516 valence electrons. The van der Waals surface area contributed by atoms with Crippen LogP contribution in [0.5, 0.6) is 0 Å². The molecule has 4 aromatic rings. The van der Waals surface area contributed by atoms with Crippen molar-refractivity contribution < 1.29 is 76.4 Å². The predicted molar refractivity (Wildman–Crippen MR) is 354 cm³/mol. The fourth-order valence-electron chi connectivity index (χ4n) is 11.8. The number of thioether (sulfide) groups is 1. The number of primary amides is 2. The molecule has 3 aliphatic heterocycles. The third-order valence-electron chi connectivity index (χ3n) is 16.8. The Kier molecular flexibility index (Phi) is 27.3. The summed E-state index contributed by atoms with van der Waals surface area (Å²) >= 11 is 3.16. The molecule has 3 aliphatic rings. The first-order chi connectivity index (χ1) is 45.1. The molecule has 32 heteroatoms. The molecule has 3 fully saturated rings. The van der Waals surface area contributed by atoms with E-state index in [-0.39, 0.29) is 69.1 Å². The van der Waals surface area contributed by atoms with E-state index in [2.05, 4.69) is 53.2 Å². The van der Waals surface area contributed by atoms with Gasteiger partial charge in [0, 0.05) is 61.4 Å². The van der Waals surface area contributed by atoms with Crippen molar-refractivity contribution in [2.45, 2.75) is 189 Å². The number of hydrogen-bond acceptors (Lipinski definition) is 16. The molecule has 1 aromatic heterocycles. The lowest BCUT2D eigenvalue weighted by molar-refractivity contribution is -0.148. The van der Waals surface area contributed by atoms with Crippen LogP contribution in [0.3, 0.4) is 0 Å². The maximum absolute atomic E-state index is 15.1. The summed E-state index contributed by atoms with van der Waals surface area (Å²) in [5.74, 6) is -7.73. The van der Waals surface area contributed by atoms with Gasteiger partial charge in [0.25, 0.3) is 0 Å². The van der Waals surface area contributed by atoms with Gasteiger partial charge in [-0.15, -0.1) is 11.3 Å². The number of urea groups is 1. The van der Waals surface area contributed by atoms with Crippen molar-refractivity contribution in [1.82, 2.24) is 58.1 Å². The van der Waals surface area contributed by atoms with Crippen LogP contribution < -0.4 is 64.6 Å². The Balaban J connectivity index is 1.00. The number of piperidine rings is 1. The zero-order valence-corrected chi connectivity index (χ0v) is 55.9. The number of nitrogens with one attached hydrogen (secondary N) is 10. The van der Waals surface area contributed by atoms with Crippen LogP contribution in [0.1, 0.15) is 116 Å². The van der Waals surface area contributed by atoms with Crippen molar-refractivity contribution in [2.24, 2.45) is 11.5 Å². The van der Waals surface area contributed by atoms with Gasteiger partial charge in [-0.3, -0.25) is 57.3 Å². The van der Waals surface area contributed by atoms with Crippen LogP contribution in [0.4, 0.5) is 4.79 Å². The quantitative estimate of drug-likeness (QED) is 0.0173. The Bertz CT molecular complexity index is 3520. The number of phosphoric acid groups is 1. The molecule has 3 saturated heterocycles. The third-order valence-corrected chi connectivity index (χ3v) is 19.9. The summed E-state index contributed by atoms with van der Waals surface area (Å²) in [5, 5.41) is 31.3. The van der Waals surface area contributed by atoms with Crippen LogP contribution in [0.2, 0.25) is 0 Å². The van der Waals surface area contributed by atoms with E-state index in [1.165, 1.54) is 32.1 Å². The number of carbonyl (C=O) groups is 12. The minimum absolute atomic E-state index is 0.0128. The van der Waals surface area contributed by atoms with Gasteiger partial charge < -0.3 is 79.3 Å². The van der Waals surface area contributed by atoms with Gasteiger partial charge in [-0.1, -0.05) is 67.1 Å². The van der Waals surface area contributed by atoms with Gasteiger partial charge in [0.2, 0.25) is 65.0 Å². The first-order valence-corrected chi connectivity index (χ1v) is 35.2. The summed E-state index contributed by atoms with van der Waals surface area (Å²) in [4.78, 5) is 182. The van der Waals surface area contributed by atoms with E-state index in [1.54, 1.807) is 35.7 Å². The van der Waals surface area contributed by atoms with E-state index >= 15 is 4.79 Å². The number of unbranched alkanes of at least 4 members (excludes halogenated alkanes) is 2. The molecule has 12 atom stereocenters. The first-order valence-electron chi connectivity index (χ1n) is 31.7. The Hall–Kier alpha value is -8.22. The normalized spacial score (nSPS) is 19.3. The lowest BCUT2D eigenvalue weighted by atomic mass is 9.97. The van der Waals surface area contributed by atoms with E-state index in [1.807, 2.05) is 48.2 Å². The number of carbonyl (C=O) groups excluding carboxylic acids is 12. The molecule has 0 saturated carbocycles. The number of hydrogen-bond donors (Lipinski definition) is 14. The molecular weight excluding hydrogens is 1290 g/mol. The average Bonchev–Trinajstić information content (AvgIpc) is 1.82. The summed E-state index contributed by atoms with van der Waals surface area (Å²) < 4.78 is 18.3. The van der Waals surface area contributed by atoms with Gasteiger partial charge in [0.15, 0.2) is 0 Å². The zero-order valence-electron chi connectivity index (χ0n) is 53.4. The number of amides is 13. The fraction of sp³-hybridized carbons (Fsp3) is 0.524. The summed E-state index contributed by atoms with van der Waals surface area (Å²) in [6, 6.07) is 8.64. The molecule has 7 rings (SSSR count). The first kappa shape index (κ1) is 74.2. The van der Waals surface area contributed by atoms with Gasteiger partial charge in [0.05, 0.1) is 18.2 Å². The van der Waals surface area contributed by atoms with E-state index in [9.17, 15) is 67.1 Å². The number of fused-ring (bicyclic) bond motifs is 3. The molecule has 0 radical (unpaired) electrons. The number of phosphoric ester groups is 1. The second kappa shape index (κ2) is 35.0. The highest BCUT2D eigenvalue weighted by Gasteiger charge is 2.44. The van der Waals surface area contributed by atoms with Crippen molar-refractivity contribution >= 4 is 123 Å².